The maximum atomic E-state index is 9.42. The Bertz CT molecular complexity index is 516. The van der Waals surface area contributed by atoms with Crippen LogP contribution in [0.15, 0.2) is 18.1 Å². The number of rotatable bonds is 3. The Kier molecular flexibility index (Phi) is 0.632. The lowest BCUT2D eigenvalue weighted by Gasteiger charge is -2.00. The topological polar surface area (TPSA) is 66.5 Å². The molecule has 0 unspecified atom stereocenters. The lowest BCUT2D eigenvalue weighted by Crippen LogP contribution is -2.02. The van der Waals surface area contributed by atoms with Gasteiger partial charge in [0.15, 0.2) is 11.5 Å². The lowest BCUT2D eigenvalue weighted by atomic mass is 10.1. The zero-order valence-corrected chi connectivity index (χ0v) is 5.34. The maximum absolute atomic E-state index is 9.42. The van der Waals surface area contributed by atoms with Gasteiger partial charge < -0.3 is 15.9 Å². The minimum Gasteiger partial charge on any atom is -0.504 e. The number of phenols is 2. The van der Waals surface area contributed by atoms with E-state index in [1.807, 2.05) is 0 Å². The quantitative estimate of drug-likeness (QED) is 0.570. The standard InChI is InChI=1S/C8H11NO2/c9-4-3-6-1-2-7(10)8(11)5-6/h1-2,5,10-11H,3-4,9H2/i1D,2D,3D2,4D2,5D/hD2. The first-order valence-electron chi connectivity index (χ1n) is 7.07. The fourth-order valence-electron chi connectivity index (χ4n) is 0.508. The molecule has 3 heteroatoms. The SMILES string of the molecule is [2H]c1c([2H])c(C([2H])([2H])C([2H])([2H])N([2H])[2H])c([2H])c(O)c1O. The van der Waals surface area contributed by atoms with Crippen molar-refractivity contribution in [2.24, 2.45) is 5.72 Å². The molecule has 0 aromatic heterocycles. The highest BCUT2D eigenvalue weighted by atomic mass is 16.3. The summed E-state index contributed by atoms with van der Waals surface area (Å²) < 4.78 is 66.1. The summed E-state index contributed by atoms with van der Waals surface area (Å²) in [5.41, 5.74) is -1.59. The van der Waals surface area contributed by atoms with Gasteiger partial charge >= 0.3 is 0 Å². The Morgan fingerprint density at radius 1 is 1.55 bits per heavy atom. The van der Waals surface area contributed by atoms with Gasteiger partial charge in [0.05, 0.1) is 4.11 Å². The van der Waals surface area contributed by atoms with E-state index in [0.717, 1.165) is 0 Å². The molecule has 0 amide bonds. The van der Waals surface area contributed by atoms with Crippen LogP contribution in [-0.4, -0.2) is 16.7 Å². The van der Waals surface area contributed by atoms with E-state index in [0.29, 0.717) is 0 Å². The van der Waals surface area contributed by atoms with Gasteiger partial charge in [-0.1, -0.05) is 6.04 Å². The van der Waals surface area contributed by atoms with Gasteiger partial charge in [0.2, 0.25) is 0 Å². The number of aromatic hydroxyl groups is 2. The summed E-state index contributed by atoms with van der Waals surface area (Å²) in [5.74, 6) is -2.25. The van der Waals surface area contributed by atoms with Crippen molar-refractivity contribution in [3.63, 3.8) is 0 Å². The Morgan fingerprint density at radius 2 is 2.36 bits per heavy atom. The number of hydrogen-bond acceptors (Lipinski definition) is 3. The van der Waals surface area contributed by atoms with Crippen LogP contribution in [0.4, 0.5) is 0 Å². The van der Waals surface area contributed by atoms with E-state index in [4.69, 9.17) is 12.4 Å². The monoisotopic (exact) mass is 162 g/mol. The molecule has 0 saturated carbocycles. The van der Waals surface area contributed by atoms with E-state index in [9.17, 15) is 10.2 Å². The molecule has 60 valence electrons. The van der Waals surface area contributed by atoms with Gasteiger partial charge in [-0.25, -0.2) is 0 Å². The average Bonchev–Trinajstić information content (AvgIpc) is 2.33. The van der Waals surface area contributed by atoms with E-state index in [1.165, 1.54) is 0 Å². The molecule has 1 rings (SSSR count). The van der Waals surface area contributed by atoms with Crippen LogP contribution in [0.2, 0.25) is 2.82 Å². The van der Waals surface area contributed by atoms with Gasteiger partial charge in [-0.15, -0.1) is 0 Å². The molecule has 0 atom stereocenters. The molecule has 0 spiro atoms. The summed E-state index contributed by atoms with van der Waals surface area (Å²) in [7, 11) is 0. The van der Waals surface area contributed by atoms with Gasteiger partial charge in [-0.05, 0) is 30.5 Å². The van der Waals surface area contributed by atoms with Crippen LogP contribution < -0.4 is 5.72 Å². The van der Waals surface area contributed by atoms with Crippen molar-refractivity contribution < 1.29 is 22.6 Å². The first kappa shape index (κ1) is 2.14. The summed E-state index contributed by atoms with van der Waals surface area (Å²) in [5, 5.41) is 18.7. The second-order valence-electron chi connectivity index (χ2n) is 1.68. The Morgan fingerprint density at radius 3 is 3.09 bits per heavy atom. The summed E-state index contributed by atoms with van der Waals surface area (Å²) in [4.78, 5) is 0. The van der Waals surface area contributed by atoms with Crippen LogP contribution in [0.25, 0.3) is 0 Å². The average molecular weight is 162 g/mol. The van der Waals surface area contributed by atoms with Crippen LogP contribution in [0.3, 0.4) is 0 Å². The van der Waals surface area contributed by atoms with E-state index in [2.05, 4.69) is 0 Å². The van der Waals surface area contributed by atoms with E-state index in [-0.39, 0.29) is 0 Å². The number of phenolic OH excluding ortho intramolecular Hbond substituents is 2. The number of hydrogen-bond donors (Lipinski definition) is 3. The predicted octanol–water partition coefficient (Wildman–Crippen LogP) is 0.599. The van der Waals surface area contributed by atoms with E-state index >= 15 is 0 Å². The lowest BCUT2D eigenvalue weighted by molar-refractivity contribution is 0.403. The number of nitrogens with two attached hydrogens (primary N) is 1. The summed E-state index contributed by atoms with van der Waals surface area (Å²) >= 11 is 0. The first-order chi connectivity index (χ1) is 8.87. The van der Waals surface area contributed by atoms with Crippen molar-refractivity contribution in [2.45, 2.75) is 6.37 Å². The van der Waals surface area contributed by atoms with E-state index in [1.54, 1.807) is 0 Å². The number of benzene rings is 1. The third kappa shape index (κ3) is 1.85. The van der Waals surface area contributed by atoms with Crippen molar-refractivity contribution in [1.29, 1.82) is 0 Å². The molecular formula is C8H11NO2. The Labute approximate surface area is 77.9 Å². The molecule has 0 aliphatic rings. The highest BCUT2D eigenvalue weighted by Gasteiger charge is 1.98. The zero-order chi connectivity index (χ0) is 16.0. The fraction of sp³-hybridized carbons (Fsp3) is 0.250. The van der Waals surface area contributed by atoms with Gasteiger partial charge in [-0.2, -0.15) is 0 Å². The minimum absolute atomic E-state index is 0.570. The normalized spacial score (nSPS) is 24.6. The van der Waals surface area contributed by atoms with Gasteiger partial charge in [0.1, 0.15) is 2.82 Å². The molecule has 0 saturated heterocycles. The second-order valence-corrected chi connectivity index (χ2v) is 1.68. The molecular weight excluding hydrogens is 142 g/mol. The van der Waals surface area contributed by atoms with Crippen molar-refractivity contribution in [3.8, 4) is 11.5 Å². The maximum Gasteiger partial charge on any atom is 0.157 e. The molecule has 0 radical (unpaired) electrons. The van der Waals surface area contributed by atoms with Crippen LogP contribution in [0.5, 0.6) is 11.5 Å². The van der Waals surface area contributed by atoms with Crippen molar-refractivity contribution in [3.05, 3.63) is 23.7 Å². The second kappa shape index (κ2) is 3.25. The molecule has 0 heterocycles. The van der Waals surface area contributed by atoms with Crippen LogP contribution in [0, 0.1) is 0 Å². The first-order valence-corrected chi connectivity index (χ1v) is 2.67. The Hall–Kier alpha value is -1.22. The molecule has 4 N–H and O–H groups in total. The minimum atomic E-state index is -3.26. The van der Waals surface area contributed by atoms with Crippen LogP contribution in [0.1, 0.15) is 15.2 Å². The third-order valence-electron chi connectivity index (χ3n) is 0.955. The van der Waals surface area contributed by atoms with Crippen molar-refractivity contribution in [2.75, 3.05) is 6.50 Å². The predicted molar refractivity (Wildman–Crippen MR) is 42.5 cm³/mol. The molecule has 11 heavy (non-hydrogen) atoms. The van der Waals surface area contributed by atoms with Crippen LogP contribution >= 0.6 is 0 Å². The highest BCUT2D eigenvalue weighted by molar-refractivity contribution is 5.40. The van der Waals surface area contributed by atoms with Crippen molar-refractivity contribution in [1.82, 2.24) is 0 Å². The molecule has 0 aliphatic heterocycles. The summed E-state index contributed by atoms with van der Waals surface area (Å²) in [6.45, 7) is -3.26. The molecule has 0 fully saturated rings. The summed E-state index contributed by atoms with van der Waals surface area (Å²) in [6.07, 6.45) is -3.22. The Balaban J connectivity index is 3.71. The molecule has 0 aliphatic carbocycles. The van der Waals surface area contributed by atoms with E-state index < -0.39 is 53.8 Å². The summed E-state index contributed by atoms with van der Waals surface area (Å²) in [6, 6.07) is -3.05. The molecule has 1 aromatic carbocycles. The van der Waals surface area contributed by atoms with Gasteiger partial charge in [0, 0.05) is 5.48 Å². The van der Waals surface area contributed by atoms with Crippen LogP contribution in [-0.2, 0) is 6.37 Å². The highest BCUT2D eigenvalue weighted by Crippen LogP contribution is 2.24. The zero-order valence-electron chi connectivity index (χ0n) is 14.3. The smallest absolute Gasteiger partial charge is 0.157 e. The fourth-order valence-corrected chi connectivity index (χ4v) is 0.508. The van der Waals surface area contributed by atoms with Gasteiger partial charge in [-0.3, -0.25) is 0 Å². The molecule has 1 aromatic rings. The third-order valence-corrected chi connectivity index (χ3v) is 0.955. The van der Waals surface area contributed by atoms with Crippen molar-refractivity contribution >= 4 is 0 Å². The molecule has 0 bridgehead atoms. The largest absolute Gasteiger partial charge is 0.504 e. The molecule has 3 nitrogen and oxygen atoms in total. The van der Waals surface area contributed by atoms with Gasteiger partial charge in [0.25, 0.3) is 0 Å².